The van der Waals surface area contributed by atoms with Crippen molar-refractivity contribution in [1.29, 1.82) is 0 Å². The molecule has 3 rings (SSSR count). The Morgan fingerprint density at radius 1 is 1.05 bits per heavy atom. The molecule has 2 heteroatoms. The molecule has 0 saturated heterocycles. The Morgan fingerprint density at radius 3 is 2.70 bits per heavy atom. The van der Waals surface area contributed by atoms with E-state index in [1.165, 1.54) is 41.7 Å². The number of hydrogen-bond acceptors (Lipinski definition) is 2. The highest BCUT2D eigenvalue weighted by atomic mass is 32.1. The number of hydrogen-bond donors (Lipinski definition) is 0. The highest BCUT2D eigenvalue weighted by Gasteiger charge is 2.16. The minimum absolute atomic E-state index is 0.312. The zero-order chi connectivity index (χ0) is 13.8. The molecule has 1 aromatic heterocycles. The van der Waals surface area contributed by atoms with Gasteiger partial charge in [0.1, 0.15) is 0 Å². The van der Waals surface area contributed by atoms with E-state index in [2.05, 4.69) is 18.2 Å². The van der Waals surface area contributed by atoms with Crippen LogP contribution in [0.3, 0.4) is 0 Å². The maximum absolute atomic E-state index is 12.3. The van der Waals surface area contributed by atoms with Crippen LogP contribution in [-0.2, 0) is 19.3 Å². The Bertz CT molecular complexity index is 559. The van der Waals surface area contributed by atoms with Crippen LogP contribution >= 0.6 is 11.3 Å². The summed E-state index contributed by atoms with van der Waals surface area (Å²) in [6.07, 6.45) is 7.71. The number of benzene rings is 1. The normalized spacial score (nSPS) is 14.6. The van der Waals surface area contributed by atoms with E-state index in [0.29, 0.717) is 12.2 Å². The molecular formula is C18H20OS. The molecule has 104 valence electrons. The molecule has 2 aromatic rings. The van der Waals surface area contributed by atoms with Crippen molar-refractivity contribution in [2.45, 2.75) is 44.9 Å². The summed E-state index contributed by atoms with van der Waals surface area (Å²) in [7, 11) is 0. The van der Waals surface area contributed by atoms with Crippen LogP contribution in [0.4, 0.5) is 0 Å². The lowest BCUT2D eigenvalue weighted by atomic mass is 10.1. The molecule has 0 bridgehead atoms. The van der Waals surface area contributed by atoms with E-state index in [9.17, 15) is 4.79 Å². The second kappa shape index (κ2) is 6.36. The van der Waals surface area contributed by atoms with Gasteiger partial charge in [-0.25, -0.2) is 0 Å². The quantitative estimate of drug-likeness (QED) is 0.580. The lowest BCUT2D eigenvalue weighted by Gasteiger charge is -1.99. The van der Waals surface area contributed by atoms with Crippen LogP contribution in [0.1, 0.15) is 51.4 Å². The third-order valence-corrected chi connectivity index (χ3v) is 5.28. The molecule has 0 saturated carbocycles. The summed E-state index contributed by atoms with van der Waals surface area (Å²) in [5.41, 5.74) is 2.69. The second-order valence-electron chi connectivity index (χ2n) is 5.53. The Morgan fingerprint density at radius 2 is 1.85 bits per heavy atom. The average Bonchev–Trinajstić information content (AvgIpc) is 2.77. The molecule has 0 aliphatic heterocycles. The minimum Gasteiger partial charge on any atom is -0.293 e. The largest absolute Gasteiger partial charge is 0.293 e. The number of fused-ring (bicyclic) bond motifs is 1. The average molecular weight is 284 g/mol. The van der Waals surface area contributed by atoms with Gasteiger partial charge in [-0.05, 0) is 49.3 Å². The Balaban J connectivity index is 1.65. The molecule has 0 spiro atoms. The predicted octanol–water partition coefficient (Wildman–Crippen LogP) is 4.83. The molecule has 20 heavy (non-hydrogen) atoms. The number of carbonyl (C=O) groups excluding carboxylic acids is 1. The van der Waals surface area contributed by atoms with Crippen molar-refractivity contribution in [3.63, 3.8) is 0 Å². The number of thiophene rings is 1. The van der Waals surface area contributed by atoms with Crippen molar-refractivity contribution < 1.29 is 4.79 Å². The number of ketones is 1. The van der Waals surface area contributed by atoms with Gasteiger partial charge in [0.2, 0.25) is 0 Å². The molecule has 0 atom stereocenters. The summed E-state index contributed by atoms with van der Waals surface area (Å²) in [5.74, 6) is 0.312. The molecule has 0 radical (unpaired) electrons. The summed E-state index contributed by atoms with van der Waals surface area (Å²) in [6, 6.07) is 12.4. The molecule has 0 amide bonds. The first kappa shape index (κ1) is 13.6. The molecular weight excluding hydrogens is 264 g/mol. The van der Waals surface area contributed by atoms with Crippen LogP contribution in [0, 0.1) is 0 Å². The van der Waals surface area contributed by atoms with E-state index in [1.807, 2.05) is 18.2 Å². The first-order chi connectivity index (χ1) is 9.83. The van der Waals surface area contributed by atoms with E-state index in [0.717, 1.165) is 17.7 Å². The second-order valence-corrected chi connectivity index (χ2v) is 6.67. The van der Waals surface area contributed by atoms with Crippen LogP contribution < -0.4 is 0 Å². The zero-order valence-corrected chi connectivity index (χ0v) is 12.5. The summed E-state index contributed by atoms with van der Waals surface area (Å²) in [4.78, 5) is 14.8. The van der Waals surface area contributed by atoms with E-state index in [-0.39, 0.29) is 0 Å². The lowest BCUT2D eigenvalue weighted by Crippen LogP contribution is -1.98. The summed E-state index contributed by atoms with van der Waals surface area (Å²) in [6.45, 7) is 0. The van der Waals surface area contributed by atoms with Crippen molar-refractivity contribution in [2.75, 3.05) is 0 Å². The highest BCUT2D eigenvalue weighted by Crippen LogP contribution is 2.29. The topological polar surface area (TPSA) is 17.1 Å². The van der Waals surface area contributed by atoms with Crippen LogP contribution in [0.2, 0.25) is 0 Å². The zero-order valence-electron chi connectivity index (χ0n) is 11.7. The maximum atomic E-state index is 12.3. The molecule has 0 fully saturated rings. The summed E-state index contributed by atoms with van der Waals surface area (Å²) in [5, 5.41) is 0. The predicted molar refractivity (Wildman–Crippen MR) is 84.7 cm³/mol. The van der Waals surface area contributed by atoms with Gasteiger partial charge in [0.25, 0.3) is 0 Å². The van der Waals surface area contributed by atoms with E-state index >= 15 is 0 Å². The van der Waals surface area contributed by atoms with Crippen molar-refractivity contribution in [1.82, 2.24) is 0 Å². The van der Waals surface area contributed by atoms with Crippen molar-refractivity contribution in [3.05, 3.63) is 57.3 Å². The first-order valence-corrected chi connectivity index (χ1v) is 8.33. The summed E-state index contributed by atoms with van der Waals surface area (Å²) < 4.78 is 0. The van der Waals surface area contributed by atoms with Crippen LogP contribution in [0.25, 0.3) is 0 Å². The number of Topliss-reactive ketones (excluding diaryl/α,β-unsaturated/α-hetero) is 1. The maximum Gasteiger partial charge on any atom is 0.173 e. The van der Waals surface area contributed by atoms with Crippen molar-refractivity contribution in [3.8, 4) is 0 Å². The molecule has 1 heterocycles. The lowest BCUT2D eigenvalue weighted by molar-refractivity contribution is 0.0986. The van der Waals surface area contributed by atoms with E-state index < -0.39 is 0 Å². The number of carbonyl (C=O) groups is 1. The molecule has 1 aliphatic carbocycles. The monoisotopic (exact) mass is 284 g/mol. The summed E-state index contributed by atoms with van der Waals surface area (Å²) >= 11 is 1.74. The number of aryl methyl sites for hydroxylation is 3. The standard InChI is InChI=1S/C18H20OS/c19-16(12-11-14-7-3-1-4-8-14)18-13-15-9-5-2-6-10-17(15)20-18/h1,3-4,7-8,13H,2,5-6,9-12H2. The molecule has 0 unspecified atom stereocenters. The fourth-order valence-corrected chi connectivity index (χ4v) is 4.05. The SMILES string of the molecule is O=C(CCc1ccccc1)c1cc2c(s1)CCCCC2. The number of rotatable bonds is 4. The smallest absolute Gasteiger partial charge is 0.173 e. The third-order valence-electron chi connectivity index (χ3n) is 4.00. The van der Waals surface area contributed by atoms with Crippen LogP contribution in [0.5, 0.6) is 0 Å². The van der Waals surface area contributed by atoms with Gasteiger partial charge >= 0.3 is 0 Å². The minimum atomic E-state index is 0.312. The molecule has 1 aromatic carbocycles. The fourth-order valence-electron chi connectivity index (χ4n) is 2.83. The molecule has 1 aliphatic rings. The van der Waals surface area contributed by atoms with Gasteiger partial charge < -0.3 is 0 Å². The fraction of sp³-hybridized carbons (Fsp3) is 0.389. The van der Waals surface area contributed by atoms with Gasteiger partial charge in [0.15, 0.2) is 5.78 Å². The van der Waals surface area contributed by atoms with E-state index in [1.54, 1.807) is 11.3 Å². The Kier molecular flexibility index (Phi) is 4.31. The van der Waals surface area contributed by atoms with Gasteiger partial charge in [-0.1, -0.05) is 36.8 Å². The Hall–Kier alpha value is -1.41. The van der Waals surface area contributed by atoms with Crippen LogP contribution in [-0.4, -0.2) is 5.78 Å². The highest BCUT2D eigenvalue weighted by molar-refractivity contribution is 7.14. The molecule has 1 nitrogen and oxygen atoms in total. The first-order valence-electron chi connectivity index (χ1n) is 7.51. The van der Waals surface area contributed by atoms with Crippen molar-refractivity contribution in [2.24, 2.45) is 0 Å². The van der Waals surface area contributed by atoms with Crippen LogP contribution in [0.15, 0.2) is 36.4 Å². The van der Waals surface area contributed by atoms with Gasteiger partial charge in [0, 0.05) is 11.3 Å². The van der Waals surface area contributed by atoms with Crippen molar-refractivity contribution >= 4 is 17.1 Å². The Labute approximate surface area is 124 Å². The van der Waals surface area contributed by atoms with Gasteiger partial charge in [0.05, 0.1) is 4.88 Å². The van der Waals surface area contributed by atoms with Gasteiger partial charge in [-0.15, -0.1) is 11.3 Å². The van der Waals surface area contributed by atoms with E-state index in [4.69, 9.17) is 0 Å². The van der Waals surface area contributed by atoms with Gasteiger partial charge in [-0.3, -0.25) is 4.79 Å². The van der Waals surface area contributed by atoms with Gasteiger partial charge in [-0.2, -0.15) is 0 Å². The third kappa shape index (κ3) is 3.18. The molecule has 0 N–H and O–H groups in total.